The first-order chi connectivity index (χ1) is 17.0. The quantitative estimate of drug-likeness (QED) is 0.259. The van der Waals surface area contributed by atoms with Crippen LogP contribution in [-0.4, -0.2) is 27.2 Å². The molecule has 0 radical (unpaired) electrons. The lowest BCUT2D eigenvalue weighted by Gasteiger charge is -2.15. The molecule has 3 aromatic carbocycles. The average Bonchev–Trinajstić information content (AvgIpc) is 3.27. The Bertz CT molecular complexity index is 1250. The topological polar surface area (TPSA) is 64.3 Å². The first-order valence-corrected chi connectivity index (χ1v) is 11.6. The van der Waals surface area contributed by atoms with E-state index in [0.29, 0.717) is 18.8 Å². The van der Waals surface area contributed by atoms with Crippen molar-refractivity contribution in [1.82, 2.24) is 9.55 Å². The van der Waals surface area contributed by atoms with Gasteiger partial charge in [0.2, 0.25) is 0 Å². The van der Waals surface area contributed by atoms with Gasteiger partial charge in [0.1, 0.15) is 11.6 Å². The highest BCUT2D eigenvalue weighted by molar-refractivity contribution is 5.68. The van der Waals surface area contributed by atoms with Gasteiger partial charge in [-0.25, -0.2) is 4.98 Å². The minimum atomic E-state index is -0.769. The van der Waals surface area contributed by atoms with Gasteiger partial charge in [0.15, 0.2) is 0 Å². The number of unbranched alkanes of at least 4 members (excludes halogenated alkanes) is 2. The standard InChI is InChI=1S/C29H30N2O3/c1-22-20-30-29(25-17-15-24(16-18-25)23-10-4-2-5-11-23)31(22)21-26-12-7-8-13-27(26)34-19-9-3-6-14-28(32)33/h2,4-5,7-8,10-13,15-18,20H,3,6,9,14,19,21H2,1H3,(H,32,33)/i21D. The second kappa shape index (κ2) is 11.3. The van der Waals surface area contributed by atoms with Gasteiger partial charge in [0.25, 0.3) is 0 Å². The van der Waals surface area contributed by atoms with E-state index in [1.807, 2.05) is 66.1 Å². The molecular formula is C29H30N2O3. The number of imidazole rings is 1. The van der Waals surface area contributed by atoms with Crippen LogP contribution >= 0.6 is 0 Å². The zero-order chi connectivity index (χ0) is 24.6. The van der Waals surface area contributed by atoms with Crippen molar-refractivity contribution in [1.29, 1.82) is 0 Å². The Kier molecular flexibility index (Phi) is 7.31. The number of carbonyl (C=O) groups is 1. The maximum absolute atomic E-state index is 10.7. The molecule has 4 aromatic rings. The summed E-state index contributed by atoms with van der Waals surface area (Å²) in [5, 5.41) is 8.77. The smallest absolute Gasteiger partial charge is 0.303 e. The highest BCUT2D eigenvalue weighted by atomic mass is 16.5. The second-order valence-electron chi connectivity index (χ2n) is 8.26. The molecule has 0 aliphatic carbocycles. The number of aliphatic carboxylic acids is 1. The first-order valence-electron chi connectivity index (χ1n) is 12.2. The van der Waals surface area contributed by atoms with Crippen LogP contribution in [-0.2, 0) is 11.3 Å². The molecule has 1 unspecified atom stereocenters. The van der Waals surface area contributed by atoms with Gasteiger partial charge >= 0.3 is 5.97 Å². The van der Waals surface area contributed by atoms with Crippen LogP contribution in [0.25, 0.3) is 22.5 Å². The maximum atomic E-state index is 10.7. The predicted molar refractivity (Wildman–Crippen MR) is 135 cm³/mol. The number of ether oxygens (including phenoxy) is 1. The lowest BCUT2D eigenvalue weighted by atomic mass is 10.0. The normalized spacial score (nSPS) is 12.2. The number of benzene rings is 3. The van der Waals surface area contributed by atoms with Gasteiger partial charge in [-0.15, -0.1) is 0 Å². The van der Waals surface area contributed by atoms with Gasteiger partial charge in [-0.05, 0) is 43.4 Å². The van der Waals surface area contributed by atoms with Crippen LogP contribution < -0.4 is 4.74 Å². The Morgan fingerprint density at radius 1 is 0.912 bits per heavy atom. The summed E-state index contributed by atoms with van der Waals surface area (Å²) in [4.78, 5) is 15.3. The molecule has 1 heterocycles. The second-order valence-corrected chi connectivity index (χ2v) is 8.26. The van der Waals surface area contributed by atoms with Crippen molar-refractivity contribution in [3.63, 3.8) is 0 Å². The molecule has 5 nitrogen and oxygen atoms in total. The van der Waals surface area contributed by atoms with E-state index in [-0.39, 0.29) is 6.42 Å². The van der Waals surface area contributed by atoms with Gasteiger partial charge in [0.05, 0.1) is 14.5 Å². The van der Waals surface area contributed by atoms with E-state index in [2.05, 4.69) is 29.2 Å². The van der Waals surface area contributed by atoms with Gasteiger partial charge < -0.3 is 14.4 Å². The van der Waals surface area contributed by atoms with Crippen LogP contribution in [0.2, 0.25) is 0 Å². The Labute approximate surface area is 202 Å². The molecule has 0 fully saturated rings. The molecule has 34 heavy (non-hydrogen) atoms. The van der Waals surface area contributed by atoms with Crippen LogP contribution in [0.3, 0.4) is 0 Å². The Hall–Kier alpha value is -3.86. The molecular weight excluding hydrogens is 424 g/mol. The van der Waals surface area contributed by atoms with Crippen molar-refractivity contribution < 1.29 is 16.0 Å². The lowest BCUT2D eigenvalue weighted by molar-refractivity contribution is -0.137. The van der Waals surface area contributed by atoms with E-state index in [4.69, 9.17) is 11.2 Å². The number of nitrogens with zero attached hydrogens (tertiary/aromatic N) is 2. The molecule has 174 valence electrons. The number of hydrogen-bond donors (Lipinski definition) is 1. The number of carboxylic acids is 1. The summed E-state index contributed by atoms with van der Waals surface area (Å²) in [6, 6.07) is 26.1. The lowest BCUT2D eigenvalue weighted by Crippen LogP contribution is -2.07. The van der Waals surface area contributed by atoms with E-state index in [1.54, 1.807) is 6.20 Å². The van der Waals surface area contributed by atoms with Crippen molar-refractivity contribution in [2.24, 2.45) is 0 Å². The summed E-state index contributed by atoms with van der Waals surface area (Å²) < 4.78 is 17.0. The summed E-state index contributed by atoms with van der Waals surface area (Å²) >= 11 is 0. The van der Waals surface area contributed by atoms with Crippen molar-refractivity contribution in [3.8, 4) is 28.3 Å². The molecule has 0 aliphatic rings. The Morgan fingerprint density at radius 2 is 1.59 bits per heavy atom. The fourth-order valence-corrected chi connectivity index (χ4v) is 3.86. The minimum absolute atomic E-state index is 0.181. The molecule has 1 N–H and O–H groups in total. The number of rotatable bonds is 11. The van der Waals surface area contributed by atoms with Crippen LogP contribution in [0.1, 0.15) is 38.3 Å². The number of para-hydroxylation sites is 1. The molecule has 0 aliphatic heterocycles. The van der Waals surface area contributed by atoms with Gasteiger partial charge in [-0.3, -0.25) is 4.79 Å². The summed E-state index contributed by atoms with van der Waals surface area (Å²) in [5.41, 5.74) is 4.91. The van der Waals surface area contributed by atoms with Crippen LogP contribution in [0.5, 0.6) is 5.75 Å². The summed E-state index contributed by atoms with van der Waals surface area (Å²) in [7, 11) is 0. The molecule has 5 heteroatoms. The third-order valence-electron chi connectivity index (χ3n) is 5.71. The largest absolute Gasteiger partial charge is 0.493 e. The van der Waals surface area contributed by atoms with Gasteiger partial charge in [0, 0.05) is 29.4 Å². The molecule has 0 spiro atoms. The molecule has 0 saturated carbocycles. The highest BCUT2D eigenvalue weighted by Crippen LogP contribution is 2.27. The van der Waals surface area contributed by atoms with E-state index in [9.17, 15) is 4.79 Å². The van der Waals surface area contributed by atoms with E-state index in [1.165, 1.54) is 0 Å². The van der Waals surface area contributed by atoms with Crippen molar-refractivity contribution in [2.75, 3.05) is 6.61 Å². The van der Waals surface area contributed by atoms with E-state index < -0.39 is 12.5 Å². The fraction of sp³-hybridized carbons (Fsp3) is 0.241. The van der Waals surface area contributed by atoms with Crippen molar-refractivity contribution in [3.05, 3.63) is 96.3 Å². The fourth-order valence-electron chi connectivity index (χ4n) is 3.86. The molecule has 0 amide bonds. The van der Waals surface area contributed by atoms with Gasteiger partial charge in [-0.1, -0.05) is 72.8 Å². The average molecular weight is 456 g/mol. The number of aryl methyl sites for hydroxylation is 1. The molecule has 0 bridgehead atoms. The molecule has 1 atom stereocenters. The van der Waals surface area contributed by atoms with E-state index in [0.717, 1.165) is 46.6 Å². The zero-order valence-corrected chi connectivity index (χ0v) is 19.4. The van der Waals surface area contributed by atoms with Crippen molar-refractivity contribution in [2.45, 2.75) is 39.1 Å². The van der Waals surface area contributed by atoms with Crippen LogP contribution in [0.15, 0.2) is 85.1 Å². The first kappa shape index (κ1) is 22.0. The third-order valence-corrected chi connectivity index (χ3v) is 5.71. The number of hydrogen-bond acceptors (Lipinski definition) is 3. The Morgan fingerprint density at radius 3 is 2.35 bits per heavy atom. The Balaban J connectivity index is 1.52. The number of carboxylic acid groups (broad SMARTS) is 1. The number of aromatic nitrogens is 2. The highest BCUT2D eigenvalue weighted by Gasteiger charge is 2.13. The molecule has 4 rings (SSSR count). The van der Waals surface area contributed by atoms with Crippen molar-refractivity contribution >= 4 is 5.97 Å². The van der Waals surface area contributed by atoms with Crippen LogP contribution in [0, 0.1) is 6.92 Å². The van der Waals surface area contributed by atoms with Crippen LogP contribution in [0.4, 0.5) is 0 Å². The molecule has 0 saturated heterocycles. The summed E-state index contributed by atoms with van der Waals surface area (Å²) in [6.45, 7) is 1.73. The zero-order valence-electron chi connectivity index (χ0n) is 20.4. The minimum Gasteiger partial charge on any atom is -0.493 e. The monoisotopic (exact) mass is 455 g/mol. The van der Waals surface area contributed by atoms with E-state index >= 15 is 0 Å². The maximum Gasteiger partial charge on any atom is 0.303 e. The SMILES string of the molecule is [2H]C(c1ccccc1OCCCCCC(=O)O)n1c(C)cnc1-c1ccc(-c2ccccc2)cc1. The molecule has 1 aromatic heterocycles. The summed E-state index contributed by atoms with van der Waals surface area (Å²) in [6.07, 6.45) is 4.19. The summed E-state index contributed by atoms with van der Waals surface area (Å²) in [5.74, 6) is 0.643. The predicted octanol–water partition coefficient (Wildman–Crippen LogP) is 6.60. The third kappa shape index (κ3) is 5.93. The van der Waals surface area contributed by atoms with Gasteiger partial charge in [-0.2, -0.15) is 0 Å².